The molecule has 3 aromatic rings. The summed E-state index contributed by atoms with van der Waals surface area (Å²) < 4.78 is 8.40. The summed E-state index contributed by atoms with van der Waals surface area (Å²) in [7, 11) is 0. The van der Waals surface area contributed by atoms with E-state index in [1.54, 1.807) is 0 Å². The second-order valence-corrected chi connectivity index (χ2v) is 8.87. The molecule has 1 fully saturated rings. The lowest BCUT2D eigenvalue weighted by Crippen LogP contribution is -2.40. The van der Waals surface area contributed by atoms with Crippen LogP contribution in [0.3, 0.4) is 0 Å². The highest BCUT2D eigenvalue weighted by Crippen LogP contribution is 2.33. The van der Waals surface area contributed by atoms with Crippen molar-refractivity contribution in [2.45, 2.75) is 31.9 Å². The van der Waals surface area contributed by atoms with Crippen LogP contribution in [-0.2, 0) is 24.1 Å². The molecule has 1 atom stereocenters. The van der Waals surface area contributed by atoms with E-state index in [1.165, 1.54) is 16.0 Å². The number of aryl methyl sites for hydroxylation is 1. The smallest absolute Gasteiger partial charge is 0.165 e. The minimum Gasteiger partial charge on any atom is -0.368 e. The second kappa shape index (κ2) is 7.95. The summed E-state index contributed by atoms with van der Waals surface area (Å²) in [6, 6.07) is 10.3. The zero-order chi connectivity index (χ0) is 18.9. The normalized spacial score (nSPS) is 19.8. The van der Waals surface area contributed by atoms with Crippen LogP contribution in [0.5, 0.6) is 0 Å². The second-order valence-electron chi connectivity index (χ2n) is 7.43. The van der Waals surface area contributed by atoms with Gasteiger partial charge in [-0.2, -0.15) is 0 Å². The van der Waals surface area contributed by atoms with Gasteiger partial charge < -0.3 is 9.30 Å². The highest BCUT2D eigenvalue weighted by molar-refractivity contribution is 7.10. The monoisotopic (exact) mass is 414 g/mol. The maximum Gasteiger partial charge on any atom is 0.165 e. The largest absolute Gasteiger partial charge is 0.368 e. The molecule has 0 N–H and O–H groups in total. The van der Waals surface area contributed by atoms with Crippen molar-refractivity contribution in [2.24, 2.45) is 0 Å². The fraction of sp³-hybridized carbons (Fsp3) is 0.429. The third kappa shape index (κ3) is 3.62. The average Bonchev–Trinajstić information content (AvgIpc) is 3.31. The predicted octanol–water partition coefficient (Wildman–Crippen LogP) is 4.22. The van der Waals surface area contributed by atoms with Gasteiger partial charge in [-0.3, -0.25) is 4.90 Å². The van der Waals surface area contributed by atoms with Crippen LogP contribution in [0.4, 0.5) is 0 Å². The number of halogens is 1. The van der Waals surface area contributed by atoms with Crippen molar-refractivity contribution in [3.05, 3.63) is 57.0 Å². The van der Waals surface area contributed by atoms with Gasteiger partial charge in [0.25, 0.3) is 0 Å². The summed E-state index contributed by atoms with van der Waals surface area (Å²) in [6.07, 6.45) is 3.24. The molecule has 0 spiro atoms. The first kappa shape index (κ1) is 18.3. The summed E-state index contributed by atoms with van der Waals surface area (Å²) in [5.74, 6) is 1.98. The topological polar surface area (TPSA) is 43.2 Å². The molecule has 146 valence electrons. The van der Waals surface area contributed by atoms with Gasteiger partial charge in [-0.25, -0.2) is 0 Å². The number of nitrogens with zero attached hydrogens (tertiary/aromatic N) is 4. The van der Waals surface area contributed by atoms with Crippen LogP contribution in [0.1, 0.15) is 28.8 Å². The van der Waals surface area contributed by atoms with Gasteiger partial charge in [-0.1, -0.05) is 23.7 Å². The fourth-order valence-electron chi connectivity index (χ4n) is 4.10. The number of aromatic nitrogens is 3. The van der Waals surface area contributed by atoms with Crippen molar-refractivity contribution in [1.82, 2.24) is 19.7 Å². The minimum absolute atomic E-state index is 0.0135. The average molecular weight is 415 g/mol. The Bertz CT molecular complexity index is 952. The first-order valence-electron chi connectivity index (χ1n) is 9.86. The van der Waals surface area contributed by atoms with Crippen molar-refractivity contribution in [2.75, 3.05) is 26.2 Å². The van der Waals surface area contributed by atoms with E-state index in [0.29, 0.717) is 0 Å². The van der Waals surface area contributed by atoms with Crippen LogP contribution >= 0.6 is 22.9 Å². The number of hydrogen-bond donors (Lipinski definition) is 0. The van der Waals surface area contributed by atoms with Gasteiger partial charge in [0.05, 0.1) is 6.61 Å². The molecular weight excluding hydrogens is 392 g/mol. The molecule has 7 heteroatoms. The lowest BCUT2D eigenvalue weighted by molar-refractivity contribution is -0.0356. The zero-order valence-corrected chi connectivity index (χ0v) is 17.3. The molecule has 2 aliphatic heterocycles. The number of rotatable bonds is 4. The molecule has 4 heterocycles. The van der Waals surface area contributed by atoms with Gasteiger partial charge in [-0.05, 0) is 48.4 Å². The van der Waals surface area contributed by atoms with Gasteiger partial charge in [0.1, 0.15) is 6.10 Å². The summed E-state index contributed by atoms with van der Waals surface area (Å²) in [5.41, 5.74) is 2.56. The number of hydrogen-bond acceptors (Lipinski definition) is 5. The van der Waals surface area contributed by atoms with Crippen molar-refractivity contribution in [3.63, 3.8) is 0 Å². The maximum absolute atomic E-state index is 6.12. The first-order chi connectivity index (χ1) is 13.8. The van der Waals surface area contributed by atoms with Crippen LogP contribution in [0.25, 0.3) is 11.4 Å². The molecule has 28 heavy (non-hydrogen) atoms. The Hall–Kier alpha value is -1.73. The van der Waals surface area contributed by atoms with E-state index in [9.17, 15) is 0 Å². The third-order valence-corrected chi connectivity index (χ3v) is 6.85. The fourth-order valence-corrected chi connectivity index (χ4v) is 5.15. The first-order valence-corrected chi connectivity index (χ1v) is 11.1. The molecule has 2 aromatic heterocycles. The lowest BCUT2D eigenvalue weighted by atomic mass is 10.1. The summed E-state index contributed by atoms with van der Waals surface area (Å²) in [5, 5.41) is 12.0. The Morgan fingerprint density at radius 1 is 1.14 bits per heavy atom. The Morgan fingerprint density at radius 3 is 2.93 bits per heavy atom. The molecule has 5 nitrogen and oxygen atoms in total. The molecule has 0 saturated carbocycles. The highest BCUT2D eigenvalue weighted by Gasteiger charge is 2.29. The van der Waals surface area contributed by atoms with Crippen molar-refractivity contribution in [1.29, 1.82) is 0 Å². The quantitative estimate of drug-likeness (QED) is 0.641. The van der Waals surface area contributed by atoms with Crippen LogP contribution in [0.2, 0.25) is 5.02 Å². The molecule has 0 bridgehead atoms. The summed E-state index contributed by atoms with van der Waals surface area (Å²) >= 11 is 7.81. The standard InChI is InChI=1S/C21H23ClN4OS/c22-16-5-3-15(4-6-16)7-10-25-11-12-27-18(14-25)21-24-23-20-17-8-13-28-19(17)2-1-9-26(20)21/h3-6,8,13,18H,1-2,7,9-12,14H2. The van der Waals surface area contributed by atoms with Gasteiger partial charge in [-0.15, -0.1) is 21.5 Å². The van der Waals surface area contributed by atoms with Crippen LogP contribution in [0.15, 0.2) is 35.7 Å². The maximum atomic E-state index is 6.12. The lowest BCUT2D eigenvalue weighted by Gasteiger charge is -2.32. The van der Waals surface area contributed by atoms with Crippen LogP contribution in [0, 0.1) is 0 Å². The van der Waals surface area contributed by atoms with E-state index in [4.69, 9.17) is 16.3 Å². The van der Waals surface area contributed by atoms with E-state index < -0.39 is 0 Å². The Labute approximate surface area is 173 Å². The van der Waals surface area contributed by atoms with Crippen molar-refractivity contribution >= 4 is 22.9 Å². The highest BCUT2D eigenvalue weighted by atomic mass is 35.5. The molecule has 5 rings (SSSR count). The molecule has 0 amide bonds. The van der Waals surface area contributed by atoms with E-state index in [2.05, 4.69) is 43.2 Å². The SMILES string of the molecule is Clc1ccc(CCN2CCOC(c3nnc4n3CCCc3sccc3-4)C2)cc1. The Morgan fingerprint density at radius 2 is 2.04 bits per heavy atom. The van der Waals surface area contributed by atoms with Crippen molar-refractivity contribution in [3.8, 4) is 11.4 Å². The number of morpholine rings is 1. The zero-order valence-electron chi connectivity index (χ0n) is 15.7. The molecular formula is C21H23ClN4OS. The molecule has 0 radical (unpaired) electrons. The molecule has 0 aliphatic carbocycles. The summed E-state index contributed by atoms with van der Waals surface area (Å²) in [6.45, 7) is 4.53. The molecule has 2 aliphatic rings. The molecule has 1 unspecified atom stereocenters. The Balaban J connectivity index is 1.30. The molecule has 1 saturated heterocycles. The van der Waals surface area contributed by atoms with Gasteiger partial charge in [0, 0.05) is 41.6 Å². The number of ether oxygens (including phenoxy) is 1. The predicted molar refractivity (Wildman–Crippen MR) is 112 cm³/mol. The molecule has 1 aromatic carbocycles. The van der Waals surface area contributed by atoms with Crippen molar-refractivity contribution < 1.29 is 4.74 Å². The number of benzene rings is 1. The van der Waals surface area contributed by atoms with E-state index >= 15 is 0 Å². The summed E-state index contributed by atoms with van der Waals surface area (Å²) in [4.78, 5) is 3.89. The Kier molecular flexibility index (Phi) is 5.20. The van der Waals surface area contributed by atoms with Crippen LogP contribution < -0.4 is 0 Å². The number of fused-ring (bicyclic) bond motifs is 3. The minimum atomic E-state index is -0.0135. The third-order valence-electron chi connectivity index (χ3n) is 5.62. The van der Waals surface area contributed by atoms with Crippen LogP contribution in [-0.4, -0.2) is 45.9 Å². The number of thiophene rings is 1. The van der Waals surface area contributed by atoms with Gasteiger partial charge in [0.2, 0.25) is 0 Å². The van der Waals surface area contributed by atoms with E-state index in [1.807, 2.05) is 23.5 Å². The van der Waals surface area contributed by atoms with E-state index in [0.717, 1.165) is 68.7 Å². The van der Waals surface area contributed by atoms with Gasteiger partial charge >= 0.3 is 0 Å². The van der Waals surface area contributed by atoms with Gasteiger partial charge in [0.15, 0.2) is 11.6 Å². The van der Waals surface area contributed by atoms with E-state index in [-0.39, 0.29) is 6.10 Å².